The van der Waals surface area contributed by atoms with Gasteiger partial charge >= 0.3 is 6.18 Å². The number of carbonyl (C=O) groups excluding carboxylic acids is 1. The van der Waals surface area contributed by atoms with E-state index >= 15 is 0 Å². The number of nitrogens with zero attached hydrogens (tertiary/aromatic N) is 2. The van der Waals surface area contributed by atoms with Crippen molar-refractivity contribution in [3.8, 4) is 0 Å². The highest BCUT2D eigenvalue weighted by atomic mass is 35.5. The van der Waals surface area contributed by atoms with Gasteiger partial charge in [0.1, 0.15) is 17.3 Å². The summed E-state index contributed by atoms with van der Waals surface area (Å²) in [5.74, 6) is -0.194. The second kappa shape index (κ2) is 7.52. The lowest BCUT2D eigenvalue weighted by molar-refractivity contribution is -0.136. The van der Waals surface area contributed by atoms with Gasteiger partial charge in [-0.3, -0.25) is 4.79 Å². The maximum Gasteiger partial charge on any atom is 0.418 e. The molecule has 2 aromatic rings. The van der Waals surface area contributed by atoms with Crippen LogP contribution in [0.25, 0.3) is 0 Å². The number of amides is 1. The first-order valence-corrected chi connectivity index (χ1v) is 7.47. The molecule has 2 rings (SSSR count). The van der Waals surface area contributed by atoms with Gasteiger partial charge in [0.2, 0.25) is 0 Å². The van der Waals surface area contributed by atoms with Crippen molar-refractivity contribution >= 4 is 29.0 Å². The standard InChI is InChI=1S/C16H14ClF3N4O/c1-3-6-21-15(25)13-8-14(23-9(2)22-13)24-12-5-4-10(17)7-11(12)16(18,19)20/h3-5,7-8H,1,6H2,2H3,(H,21,25)(H,22,23,24). The molecular weight excluding hydrogens is 357 g/mol. The number of carbonyl (C=O) groups is 1. The molecule has 132 valence electrons. The van der Waals surface area contributed by atoms with E-state index in [-0.39, 0.29) is 34.6 Å². The summed E-state index contributed by atoms with van der Waals surface area (Å²) in [6, 6.07) is 4.60. The van der Waals surface area contributed by atoms with Crippen molar-refractivity contribution in [1.29, 1.82) is 0 Å². The maximum absolute atomic E-state index is 13.2. The van der Waals surface area contributed by atoms with Gasteiger partial charge in [0.25, 0.3) is 5.91 Å². The highest BCUT2D eigenvalue weighted by molar-refractivity contribution is 6.30. The first-order valence-electron chi connectivity index (χ1n) is 7.09. The van der Waals surface area contributed by atoms with E-state index in [9.17, 15) is 18.0 Å². The summed E-state index contributed by atoms with van der Waals surface area (Å²) in [5, 5.41) is 5.07. The minimum Gasteiger partial charge on any atom is -0.347 e. The second-order valence-corrected chi connectivity index (χ2v) is 5.43. The fourth-order valence-electron chi connectivity index (χ4n) is 2.00. The largest absolute Gasteiger partial charge is 0.418 e. The van der Waals surface area contributed by atoms with Crippen LogP contribution in [0.3, 0.4) is 0 Å². The Kier molecular flexibility index (Phi) is 5.63. The van der Waals surface area contributed by atoms with E-state index < -0.39 is 17.6 Å². The Labute approximate surface area is 146 Å². The lowest BCUT2D eigenvalue weighted by atomic mass is 10.1. The van der Waals surface area contributed by atoms with Crippen LogP contribution in [0.1, 0.15) is 21.9 Å². The first-order chi connectivity index (χ1) is 11.7. The number of hydrogen-bond acceptors (Lipinski definition) is 4. The quantitative estimate of drug-likeness (QED) is 0.777. The SMILES string of the molecule is C=CCNC(=O)c1cc(Nc2ccc(Cl)cc2C(F)(F)F)nc(C)n1. The number of aryl methyl sites for hydroxylation is 1. The van der Waals surface area contributed by atoms with Crippen LogP contribution in [0.5, 0.6) is 0 Å². The van der Waals surface area contributed by atoms with Gasteiger partial charge in [-0.2, -0.15) is 13.2 Å². The summed E-state index contributed by atoms with van der Waals surface area (Å²) in [5.41, 5.74) is -1.14. The Hall–Kier alpha value is -2.61. The van der Waals surface area contributed by atoms with E-state index in [0.717, 1.165) is 6.07 Å². The summed E-state index contributed by atoms with van der Waals surface area (Å²) >= 11 is 5.65. The van der Waals surface area contributed by atoms with Gasteiger partial charge in [-0.05, 0) is 25.1 Å². The van der Waals surface area contributed by atoms with Crippen molar-refractivity contribution in [1.82, 2.24) is 15.3 Å². The van der Waals surface area contributed by atoms with Crippen LogP contribution in [0.2, 0.25) is 5.02 Å². The highest BCUT2D eigenvalue weighted by Gasteiger charge is 2.34. The molecule has 0 spiro atoms. The van der Waals surface area contributed by atoms with Gasteiger partial charge in [-0.25, -0.2) is 9.97 Å². The van der Waals surface area contributed by atoms with Crippen molar-refractivity contribution in [2.24, 2.45) is 0 Å². The van der Waals surface area contributed by atoms with Crippen LogP contribution in [0.15, 0.2) is 36.9 Å². The predicted octanol–water partition coefficient (Wildman–Crippen LogP) is 4.12. The van der Waals surface area contributed by atoms with Crippen molar-refractivity contribution in [2.45, 2.75) is 13.1 Å². The van der Waals surface area contributed by atoms with Gasteiger partial charge in [-0.1, -0.05) is 17.7 Å². The van der Waals surface area contributed by atoms with Gasteiger partial charge in [-0.15, -0.1) is 6.58 Å². The summed E-state index contributed by atoms with van der Waals surface area (Å²) in [6.45, 7) is 5.25. The molecule has 0 unspecified atom stereocenters. The van der Waals surface area contributed by atoms with Crippen LogP contribution in [0.4, 0.5) is 24.7 Å². The molecule has 0 saturated heterocycles. The average Bonchev–Trinajstić information content (AvgIpc) is 2.52. The molecule has 0 atom stereocenters. The Bertz CT molecular complexity index is 808. The minimum atomic E-state index is -4.60. The molecule has 0 saturated carbocycles. The van der Waals surface area contributed by atoms with Gasteiger partial charge in [0.15, 0.2) is 0 Å². The summed E-state index contributed by atoms with van der Waals surface area (Å²) in [6.07, 6.45) is -3.10. The Morgan fingerprint density at radius 1 is 1.32 bits per heavy atom. The van der Waals surface area contributed by atoms with Crippen LogP contribution < -0.4 is 10.6 Å². The molecule has 1 amide bonds. The molecule has 1 aromatic carbocycles. The Morgan fingerprint density at radius 2 is 2.04 bits per heavy atom. The van der Waals surface area contributed by atoms with Gasteiger partial charge < -0.3 is 10.6 Å². The first kappa shape index (κ1) is 18.7. The molecule has 1 heterocycles. The van der Waals surface area contributed by atoms with E-state index in [2.05, 4.69) is 27.2 Å². The number of benzene rings is 1. The van der Waals surface area contributed by atoms with Crippen LogP contribution in [0, 0.1) is 6.92 Å². The van der Waals surface area contributed by atoms with Crippen molar-refractivity contribution < 1.29 is 18.0 Å². The third kappa shape index (κ3) is 4.93. The molecule has 0 bridgehead atoms. The molecule has 25 heavy (non-hydrogen) atoms. The number of halogens is 4. The molecule has 0 aliphatic heterocycles. The Balaban J connectivity index is 2.37. The van der Waals surface area contributed by atoms with Crippen molar-refractivity contribution in [2.75, 3.05) is 11.9 Å². The van der Waals surface area contributed by atoms with E-state index in [1.807, 2.05) is 0 Å². The Morgan fingerprint density at radius 3 is 2.68 bits per heavy atom. The fourth-order valence-corrected chi connectivity index (χ4v) is 2.17. The van der Waals surface area contributed by atoms with E-state index in [1.165, 1.54) is 31.2 Å². The molecular formula is C16H14ClF3N4O. The van der Waals surface area contributed by atoms with Gasteiger partial charge in [0.05, 0.1) is 11.3 Å². The zero-order valence-corrected chi connectivity index (χ0v) is 13.9. The average molecular weight is 371 g/mol. The third-order valence-corrected chi connectivity index (χ3v) is 3.26. The monoisotopic (exact) mass is 370 g/mol. The van der Waals surface area contributed by atoms with E-state index in [0.29, 0.717) is 0 Å². The number of alkyl halides is 3. The molecule has 0 aliphatic rings. The van der Waals surface area contributed by atoms with Crippen LogP contribution in [-0.2, 0) is 6.18 Å². The predicted molar refractivity (Wildman–Crippen MR) is 89.0 cm³/mol. The van der Waals surface area contributed by atoms with Gasteiger partial charge in [0, 0.05) is 17.6 Å². The molecule has 0 aliphatic carbocycles. The molecule has 2 N–H and O–H groups in total. The number of aromatic nitrogens is 2. The maximum atomic E-state index is 13.2. The van der Waals surface area contributed by atoms with Crippen LogP contribution in [-0.4, -0.2) is 22.4 Å². The zero-order valence-electron chi connectivity index (χ0n) is 13.1. The topological polar surface area (TPSA) is 66.9 Å². The van der Waals surface area contributed by atoms with Crippen LogP contribution >= 0.6 is 11.6 Å². The number of hydrogen-bond donors (Lipinski definition) is 2. The molecule has 9 heteroatoms. The smallest absolute Gasteiger partial charge is 0.347 e. The van der Waals surface area contributed by atoms with Crippen molar-refractivity contribution in [3.63, 3.8) is 0 Å². The third-order valence-electron chi connectivity index (χ3n) is 3.03. The normalized spacial score (nSPS) is 11.1. The van der Waals surface area contributed by atoms with E-state index in [1.54, 1.807) is 0 Å². The van der Waals surface area contributed by atoms with Crippen molar-refractivity contribution in [3.05, 3.63) is 59.0 Å². The second-order valence-electron chi connectivity index (χ2n) is 5.00. The summed E-state index contributed by atoms with van der Waals surface area (Å²) < 4.78 is 39.5. The molecule has 1 aromatic heterocycles. The number of nitrogens with one attached hydrogen (secondary N) is 2. The summed E-state index contributed by atoms with van der Waals surface area (Å²) in [4.78, 5) is 19.9. The zero-order chi connectivity index (χ0) is 18.6. The minimum absolute atomic E-state index is 0.0272. The fraction of sp³-hybridized carbons (Fsp3) is 0.188. The lowest BCUT2D eigenvalue weighted by Crippen LogP contribution is -2.24. The molecule has 0 radical (unpaired) electrons. The lowest BCUT2D eigenvalue weighted by Gasteiger charge is -2.15. The highest BCUT2D eigenvalue weighted by Crippen LogP contribution is 2.37. The number of rotatable bonds is 5. The molecule has 5 nitrogen and oxygen atoms in total. The van der Waals surface area contributed by atoms with E-state index in [4.69, 9.17) is 11.6 Å². The molecule has 0 fully saturated rings. The number of anilines is 2. The summed E-state index contributed by atoms with van der Waals surface area (Å²) in [7, 11) is 0.